The van der Waals surface area contributed by atoms with Gasteiger partial charge in [-0.3, -0.25) is 14.5 Å². The van der Waals surface area contributed by atoms with Gasteiger partial charge in [-0.25, -0.2) is 4.98 Å². The molecule has 34 heavy (non-hydrogen) atoms. The molecule has 1 saturated heterocycles. The molecular weight excluding hydrogens is 473 g/mol. The summed E-state index contributed by atoms with van der Waals surface area (Å²) in [5.41, 5.74) is 0.611. The van der Waals surface area contributed by atoms with Gasteiger partial charge in [0, 0.05) is 26.7 Å². The smallest absolute Gasteiger partial charge is 0.382 e. The van der Waals surface area contributed by atoms with Crippen LogP contribution in [0.1, 0.15) is 41.3 Å². The van der Waals surface area contributed by atoms with E-state index in [1.54, 1.807) is 12.1 Å². The Morgan fingerprint density at radius 2 is 1.91 bits per heavy atom. The molecule has 0 bridgehead atoms. The molecule has 1 atom stereocenters. The highest BCUT2D eigenvalue weighted by Gasteiger charge is 2.53. The summed E-state index contributed by atoms with van der Waals surface area (Å²) in [6.45, 7) is 3.20. The summed E-state index contributed by atoms with van der Waals surface area (Å²) in [5.74, 6) is -0.929. The van der Waals surface area contributed by atoms with Crippen LogP contribution in [0.15, 0.2) is 36.5 Å². The number of hydrogen-bond acceptors (Lipinski definition) is 5. The zero-order valence-corrected chi connectivity index (χ0v) is 19.7. The Hall–Kier alpha value is -2.69. The first-order chi connectivity index (χ1) is 15.9. The number of β-amino-alcohol motifs (C(OH)–C–C–N with tert-alkyl or cyclic N) is 1. The minimum atomic E-state index is -4.76. The fourth-order valence-corrected chi connectivity index (χ4v) is 4.32. The quantitative estimate of drug-likeness (QED) is 0.509. The van der Waals surface area contributed by atoms with Gasteiger partial charge >= 0.3 is 6.18 Å². The van der Waals surface area contributed by atoms with E-state index in [9.17, 15) is 27.9 Å². The molecule has 0 aliphatic carbocycles. The van der Waals surface area contributed by atoms with E-state index in [4.69, 9.17) is 11.6 Å². The first kappa shape index (κ1) is 25.9. The molecule has 3 rings (SSSR count). The van der Waals surface area contributed by atoms with E-state index in [0.717, 1.165) is 5.56 Å². The number of carbonyl (C=O) groups is 2. The average Bonchev–Trinajstić information content (AvgIpc) is 2.75. The SMILES string of the molecule is CNC(=O)c1cc(Cl)ncc1NC(=O)C1(c2ccccc2C(C)C)CN(CC(O)C(F)(F)F)C1. The molecule has 2 heterocycles. The molecule has 1 fully saturated rings. The van der Waals surface area contributed by atoms with Crippen molar-refractivity contribution < 1.29 is 27.9 Å². The second-order valence-electron chi connectivity index (χ2n) is 8.64. The molecule has 2 aromatic rings. The largest absolute Gasteiger partial charge is 0.415 e. The molecular formula is C23H26ClF3N4O3. The molecule has 1 aliphatic heterocycles. The number of benzene rings is 1. The van der Waals surface area contributed by atoms with Gasteiger partial charge in [-0.05, 0) is 23.1 Å². The van der Waals surface area contributed by atoms with Crippen LogP contribution in [0, 0.1) is 0 Å². The Morgan fingerprint density at radius 3 is 2.50 bits per heavy atom. The van der Waals surface area contributed by atoms with Crippen molar-refractivity contribution in [3.05, 3.63) is 58.4 Å². The summed E-state index contributed by atoms with van der Waals surface area (Å²) in [5, 5.41) is 14.8. The molecule has 7 nitrogen and oxygen atoms in total. The lowest BCUT2D eigenvalue weighted by molar-refractivity contribution is -0.212. The first-order valence-electron chi connectivity index (χ1n) is 10.6. The molecule has 1 aliphatic rings. The molecule has 0 saturated carbocycles. The van der Waals surface area contributed by atoms with E-state index in [-0.39, 0.29) is 35.4 Å². The molecule has 2 amide bonds. The third-order valence-corrected chi connectivity index (χ3v) is 6.13. The van der Waals surface area contributed by atoms with Crippen LogP contribution in [0.3, 0.4) is 0 Å². The van der Waals surface area contributed by atoms with E-state index in [1.807, 2.05) is 26.0 Å². The maximum atomic E-state index is 13.7. The number of halogens is 4. The van der Waals surface area contributed by atoms with E-state index in [1.165, 1.54) is 24.2 Å². The van der Waals surface area contributed by atoms with Crippen molar-refractivity contribution in [2.45, 2.75) is 37.5 Å². The number of aromatic nitrogens is 1. The summed E-state index contributed by atoms with van der Waals surface area (Å²) in [6.07, 6.45) is -6.01. The molecule has 0 radical (unpaired) electrons. The van der Waals surface area contributed by atoms with Gasteiger partial charge in [-0.15, -0.1) is 0 Å². The number of hydrogen-bond donors (Lipinski definition) is 3. The van der Waals surface area contributed by atoms with E-state index in [0.29, 0.717) is 5.56 Å². The molecule has 184 valence electrons. The van der Waals surface area contributed by atoms with Gasteiger partial charge in [-0.2, -0.15) is 13.2 Å². The summed E-state index contributed by atoms with van der Waals surface area (Å²) in [7, 11) is 1.43. The molecule has 1 aromatic heterocycles. The van der Waals surface area contributed by atoms with Gasteiger partial charge in [0.25, 0.3) is 5.91 Å². The van der Waals surface area contributed by atoms with Crippen LogP contribution < -0.4 is 10.6 Å². The minimum Gasteiger partial charge on any atom is -0.382 e. The number of likely N-dealkylation sites (tertiary alicyclic amines) is 1. The zero-order chi connectivity index (χ0) is 25.3. The van der Waals surface area contributed by atoms with Crippen molar-refractivity contribution in [1.82, 2.24) is 15.2 Å². The van der Waals surface area contributed by atoms with Gasteiger partial charge in [0.05, 0.1) is 22.9 Å². The number of aliphatic hydroxyl groups is 1. The molecule has 1 aromatic carbocycles. The van der Waals surface area contributed by atoms with Gasteiger partial charge < -0.3 is 15.7 Å². The highest BCUT2D eigenvalue weighted by Crippen LogP contribution is 2.40. The third kappa shape index (κ3) is 5.18. The van der Waals surface area contributed by atoms with E-state index >= 15 is 0 Å². The Bertz CT molecular complexity index is 1070. The summed E-state index contributed by atoms with van der Waals surface area (Å²) in [6, 6.07) is 8.58. The summed E-state index contributed by atoms with van der Waals surface area (Å²) in [4.78, 5) is 31.3. The van der Waals surface area contributed by atoms with Gasteiger partial charge in [-0.1, -0.05) is 49.7 Å². The molecule has 1 unspecified atom stereocenters. The zero-order valence-electron chi connectivity index (χ0n) is 18.9. The van der Waals surface area contributed by atoms with Crippen LogP contribution in [-0.4, -0.2) is 65.8 Å². The number of carbonyl (C=O) groups excluding carboxylic acids is 2. The number of alkyl halides is 3. The fraction of sp³-hybridized carbons (Fsp3) is 0.435. The number of aliphatic hydroxyl groups excluding tert-OH is 1. The average molecular weight is 499 g/mol. The predicted octanol–water partition coefficient (Wildman–Crippen LogP) is 3.33. The summed E-state index contributed by atoms with van der Waals surface area (Å²) < 4.78 is 38.6. The van der Waals surface area contributed by atoms with E-state index < -0.39 is 36.1 Å². The first-order valence-corrected chi connectivity index (χ1v) is 11.0. The monoisotopic (exact) mass is 498 g/mol. The fourth-order valence-electron chi connectivity index (χ4n) is 4.16. The Labute approximate surface area is 200 Å². The number of nitrogens with one attached hydrogen (secondary N) is 2. The normalized spacial score (nSPS) is 16.6. The lowest BCUT2D eigenvalue weighted by atomic mass is 9.69. The Morgan fingerprint density at radius 1 is 1.26 bits per heavy atom. The van der Waals surface area contributed by atoms with Crippen molar-refractivity contribution in [2.75, 3.05) is 32.0 Å². The maximum Gasteiger partial charge on any atom is 0.415 e. The van der Waals surface area contributed by atoms with E-state index in [2.05, 4.69) is 15.6 Å². The summed E-state index contributed by atoms with van der Waals surface area (Å²) >= 11 is 5.91. The Kier molecular flexibility index (Phi) is 7.54. The second kappa shape index (κ2) is 9.89. The number of amides is 2. The van der Waals surface area contributed by atoms with Crippen molar-refractivity contribution in [2.24, 2.45) is 0 Å². The molecule has 11 heteroatoms. The van der Waals surface area contributed by atoms with Crippen molar-refractivity contribution in [3.63, 3.8) is 0 Å². The number of pyridine rings is 1. The third-order valence-electron chi connectivity index (χ3n) is 5.92. The Balaban J connectivity index is 1.97. The highest BCUT2D eigenvalue weighted by atomic mass is 35.5. The van der Waals surface area contributed by atoms with Crippen LogP contribution in [0.2, 0.25) is 5.15 Å². The van der Waals surface area contributed by atoms with Crippen LogP contribution >= 0.6 is 11.6 Å². The van der Waals surface area contributed by atoms with Gasteiger partial charge in [0.1, 0.15) is 5.15 Å². The van der Waals surface area contributed by atoms with Gasteiger partial charge in [0.15, 0.2) is 6.10 Å². The molecule has 3 N–H and O–H groups in total. The predicted molar refractivity (Wildman–Crippen MR) is 122 cm³/mol. The minimum absolute atomic E-state index is 0.0357. The number of rotatable bonds is 7. The number of anilines is 1. The van der Waals surface area contributed by atoms with Crippen molar-refractivity contribution >= 4 is 29.1 Å². The van der Waals surface area contributed by atoms with Crippen molar-refractivity contribution in [3.8, 4) is 0 Å². The second-order valence-corrected chi connectivity index (χ2v) is 9.02. The highest BCUT2D eigenvalue weighted by molar-refractivity contribution is 6.30. The van der Waals surface area contributed by atoms with Crippen LogP contribution in [-0.2, 0) is 10.2 Å². The standard InChI is InChI=1S/C23H26ClF3N4O3/c1-13(2)14-6-4-5-7-16(14)22(11-31(12-22)10-18(32)23(25,26)27)21(34)30-17-9-29-19(24)8-15(17)20(33)28-3/h4-9,13,18,32H,10-12H2,1-3H3,(H,28,33)(H,30,34). The van der Waals surface area contributed by atoms with Crippen LogP contribution in [0.25, 0.3) is 0 Å². The topological polar surface area (TPSA) is 94.6 Å². The number of nitrogens with zero attached hydrogens (tertiary/aromatic N) is 2. The van der Waals surface area contributed by atoms with Crippen molar-refractivity contribution in [1.29, 1.82) is 0 Å². The van der Waals surface area contributed by atoms with Gasteiger partial charge in [0.2, 0.25) is 5.91 Å². The maximum absolute atomic E-state index is 13.7. The molecule has 0 spiro atoms. The van der Waals surface area contributed by atoms with Crippen LogP contribution in [0.5, 0.6) is 0 Å². The lowest BCUT2D eigenvalue weighted by Crippen LogP contribution is -2.67. The lowest BCUT2D eigenvalue weighted by Gasteiger charge is -2.50. The van der Waals surface area contributed by atoms with Crippen LogP contribution in [0.4, 0.5) is 18.9 Å².